The van der Waals surface area contributed by atoms with Crippen molar-refractivity contribution in [2.75, 3.05) is 19.7 Å². The van der Waals surface area contributed by atoms with Crippen molar-refractivity contribution in [3.63, 3.8) is 0 Å². The van der Waals surface area contributed by atoms with E-state index in [-0.39, 0.29) is 0 Å². The monoisotopic (exact) mass is 270 g/mol. The molecule has 1 N–H and O–H groups in total. The first kappa shape index (κ1) is 13.5. The topological polar surface area (TPSA) is 36.4 Å². The summed E-state index contributed by atoms with van der Waals surface area (Å²) in [6.45, 7) is 5.62. The molecule has 3 rings (SSSR count). The van der Waals surface area contributed by atoms with Crippen LogP contribution in [0.4, 0.5) is 0 Å². The molecule has 106 valence electrons. The lowest BCUT2D eigenvalue weighted by atomic mass is 10.1. The van der Waals surface area contributed by atoms with E-state index in [1.807, 2.05) is 6.07 Å². The van der Waals surface area contributed by atoms with Gasteiger partial charge in [-0.3, -0.25) is 9.88 Å². The summed E-state index contributed by atoms with van der Waals surface area (Å²) in [5.41, 5.74) is 3.55. The minimum absolute atomic E-state index is 0.315. The number of aliphatic hydroxyl groups is 1. The number of benzene rings is 1. The van der Waals surface area contributed by atoms with E-state index in [1.165, 1.54) is 17.4 Å². The second-order valence-corrected chi connectivity index (χ2v) is 5.84. The van der Waals surface area contributed by atoms with Crippen molar-refractivity contribution in [1.82, 2.24) is 9.88 Å². The quantitative estimate of drug-likeness (QED) is 0.928. The third-order valence-electron chi connectivity index (χ3n) is 4.23. The number of para-hydroxylation sites is 1. The van der Waals surface area contributed by atoms with Gasteiger partial charge in [-0.2, -0.15) is 0 Å². The highest BCUT2D eigenvalue weighted by molar-refractivity contribution is 5.82. The zero-order valence-electron chi connectivity index (χ0n) is 12.0. The Hall–Kier alpha value is -1.45. The molecule has 1 aliphatic heterocycles. The fourth-order valence-electron chi connectivity index (χ4n) is 3.24. The lowest BCUT2D eigenvalue weighted by molar-refractivity contribution is 0.249. The van der Waals surface area contributed by atoms with Crippen LogP contribution >= 0.6 is 0 Å². The van der Waals surface area contributed by atoms with Gasteiger partial charge in [-0.25, -0.2) is 0 Å². The van der Waals surface area contributed by atoms with Crippen LogP contribution in [0.5, 0.6) is 0 Å². The van der Waals surface area contributed by atoms with Crippen molar-refractivity contribution in [2.24, 2.45) is 5.92 Å². The molecule has 1 aromatic carbocycles. The minimum Gasteiger partial charge on any atom is -0.396 e. The molecular formula is C17H22N2O. The van der Waals surface area contributed by atoms with E-state index >= 15 is 0 Å². The van der Waals surface area contributed by atoms with Gasteiger partial charge in [-0.1, -0.05) is 18.2 Å². The minimum atomic E-state index is 0.315. The zero-order valence-corrected chi connectivity index (χ0v) is 12.0. The van der Waals surface area contributed by atoms with Crippen LogP contribution in [0.25, 0.3) is 10.9 Å². The molecule has 1 aliphatic rings. The standard InChI is InChI=1S/C17H22N2O/c1-13-10-15(16-4-2-3-5-17(16)18-13)12-19-8-6-14(11-19)7-9-20/h2-5,10,14,20H,6-9,11-12H2,1H3. The number of hydrogen-bond acceptors (Lipinski definition) is 3. The molecule has 1 fully saturated rings. The number of aryl methyl sites for hydroxylation is 1. The maximum absolute atomic E-state index is 9.05. The number of rotatable bonds is 4. The second-order valence-electron chi connectivity index (χ2n) is 5.84. The van der Waals surface area contributed by atoms with Gasteiger partial charge in [0.15, 0.2) is 0 Å². The van der Waals surface area contributed by atoms with E-state index in [0.717, 1.165) is 37.3 Å². The SMILES string of the molecule is Cc1cc(CN2CCC(CCO)C2)c2ccccc2n1. The number of pyridine rings is 1. The fraction of sp³-hybridized carbons (Fsp3) is 0.471. The molecule has 1 saturated heterocycles. The van der Waals surface area contributed by atoms with Crippen LogP contribution in [-0.4, -0.2) is 34.7 Å². The molecule has 0 radical (unpaired) electrons. The van der Waals surface area contributed by atoms with Gasteiger partial charge in [0.1, 0.15) is 0 Å². The largest absolute Gasteiger partial charge is 0.396 e. The highest BCUT2D eigenvalue weighted by Gasteiger charge is 2.22. The van der Waals surface area contributed by atoms with Crippen molar-refractivity contribution in [3.8, 4) is 0 Å². The zero-order chi connectivity index (χ0) is 13.9. The smallest absolute Gasteiger partial charge is 0.0708 e. The summed E-state index contributed by atoms with van der Waals surface area (Å²) in [7, 11) is 0. The summed E-state index contributed by atoms with van der Waals surface area (Å²) in [6.07, 6.45) is 2.15. The molecule has 2 aromatic rings. The van der Waals surface area contributed by atoms with Crippen LogP contribution in [0.1, 0.15) is 24.1 Å². The third-order valence-corrected chi connectivity index (χ3v) is 4.23. The lowest BCUT2D eigenvalue weighted by Gasteiger charge is -2.17. The Morgan fingerprint density at radius 3 is 3.05 bits per heavy atom. The average molecular weight is 270 g/mol. The molecule has 2 heterocycles. The summed E-state index contributed by atoms with van der Waals surface area (Å²) in [4.78, 5) is 7.11. The van der Waals surface area contributed by atoms with E-state index in [9.17, 15) is 0 Å². The molecule has 1 atom stereocenters. The molecule has 0 spiro atoms. The Balaban J connectivity index is 1.81. The molecule has 1 aromatic heterocycles. The Morgan fingerprint density at radius 2 is 2.20 bits per heavy atom. The maximum atomic E-state index is 9.05. The average Bonchev–Trinajstić information content (AvgIpc) is 2.86. The van der Waals surface area contributed by atoms with Crippen molar-refractivity contribution >= 4 is 10.9 Å². The Labute approximate surface area is 120 Å². The van der Waals surface area contributed by atoms with Gasteiger partial charge in [-0.05, 0) is 49.9 Å². The van der Waals surface area contributed by atoms with Crippen LogP contribution in [-0.2, 0) is 6.54 Å². The Morgan fingerprint density at radius 1 is 1.35 bits per heavy atom. The molecule has 3 nitrogen and oxygen atoms in total. The molecule has 3 heteroatoms. The molecule has 0 amide bonds. The number of likely N-dealkylation sites (tertiary alicyclic amines) is 1. The third kappa shape index (κ3) is 2.84. The fourth-order valence-corrected chi connectivity index (χ4v) is 3.24. The van der Waals surface area contributed by atoms with Crippen LogP contribution in [0, 0.1) is 12.8 Å². The normalized spacial score (nSPS) is 19.8. The van der Waals surface area contributed by atoms with Crippen LogP contribution in [0.3, 0.4) is 0 Å². The summed E-state index contributed by atoms with van der Waals surface area (Å²) >= 11 is 0. The Bertz CT molecular complexity index is 597. The molecule has 1 unspecified atom stereocenters. The first-order valence-electron chi connectivity index (χ1n) is 7.45. The van der Waals surface area contributed by atoms with Crippen LogP contribution in [0.15, 0.2) is 30.3 Å². The van der Waals surface area contributed by atoms with E-state index in [4.69, 9.17) is 5.11 Å². The summed E-state index contributed by atoms with van der Waals surface area (Å²) in [5.74, 6) is 0.661. The van der Waals surface area contributed by atoms with E-state index in [0.29, 0.717) is 12.5 Å². The maximum Gasteiger partial charge on any atom is 0.0708 e. The number of nitrogens with zero attached hydrogens (tertiary/aromatic N) is 2. The second kappa shape index (κ2) is 5.90. The van der Waals surface area contributed by atoms with E-state index < -0.39 is 0 Å². The van der Waals surface area contributed by atoms with Gasteiger partial charge < -0.3 is 5.11 Å². The summed E-state index contributed by atoms with van der Waals surface area (Å²) in [5, 5.41) is 10.3. The van der Waals surface area contributed by atoms with E-state index in [1.54, 1.807) is 0 Å². The molecule has 20 heavy (non-hydrogen) atoms. The predicted molar refractivity (Wildman–Crippen MR) is 81.6 cm³/mol. The number of hydrogen-bond donors (Lipinski definition) is 1. The van der Waals surface area contributed by atoms with Crippen molar-refractivity contribution in [3.05, 3.63) is 41.6 Å². The summed E-state index contributed by atoms with van der Waals surface area (Å²) < 4.78 is 0. The first-order chi connectivity index (χ1) is 9.76. The van der Waals surface area contributed by atoms with Crippen LogP contribution in [0.2, 0.25) is 0 Å². The van der Waals surface area contributed by atoms with Gasteiger partial charge in [0.2, 0.25) is 0 Å². The van der Waals surface area contributed by atoms with Crippen LogP contribution < -0.4 is 0 Å². The highest BCUT2D eigenvalue weighted by Crippen LogP contribution is 2.24. The van der Waals surface area contributed by atoms with Crippen molar-refractivity contribution < 1.29 is 5.11 Å². The van der Waals surface area contributed by atoms with Gasteiger partial charge in [-0.15, -0.1) is 0 Å². The molecule has 0 aliphatic carbocycles. The lowest BCUT2D eigenvalue weighted by Crippen LogP contribution is -2.20. The Kier molecular flexibility index (Phi) is 3.99. The number of aromatic nitrogens is 1. The van der Waals surface area contributed by atoms with E-state index in [2.05, 4.69) is 41.1 Å². The predicted octanol–water partition coefficient (Wildman–Crippen LogP) is 2.75. The number of fused-ring (bicyclic) bond motifs is 1. The van der Waals surface area contributed by atoms with Gasteiger partial charge >= 0.3 is 0 Å². The van der Waals surface area contributed by atoms with Gasteiger partial charge in [0.25, 0.3) is 0 Å². The summed E-state index contributed by atoms with van der Waals surface area (Å²) in [6, 6.07) is 10.6. The molecular weight excluding hydrogens is 248 g/mol. The molecule has 0 saturated carbocycles. The van der Waals surface area contributed by atoms with Crippen molar-refractivity contribution in [2.45, 2.75) is 26.3 Å². The number of aliphatic hydroxyl groups excluding tert-OH is 1. The van der Waals surface area contributed by atoms with Gasteiger partial charge in [0.05, 0.1) is 5.52 Å². The highest BCUT2D eigenvalue weighted by atomic mass is 16.3. The van der Waals surface area contributed by atoms with Crippen molar-refractivity contribution in [1.29, 1.82) is 0 Å². The molecule has 0 bridgehead atoms. The first-order valence-corrected chi connectivity index (χ1v) is 7.45. The van der Waals surface area contributed by atoms with Gasteiger partial charge in [0, 0.05) is 30.8 Å².